The van der Waals surface area contributed by atoms with Gasteiger partial charge in [-0.05, 0) is 37.1 Å². The highest BCUT2D eigenvalue weighted by molar-refractivity contribution is 5.33. The number of aryl methyl sites for hydroxylation is 2. The molecule has 0 radical (unpaired) electrons. The Morgan fingerprint density at radius 2 is 1.88 bits per heavy atom. The predicted molar refractivity (Wildman–Crippen MR) is 98.9 cm³/mol. The van der Waals surface area contributed by atoms with Crippen LogP contribution in [-0.2, 0) is 13.1 Å². The molecule has 4 rings (SSSR count). The van der Waals surface area contributed by atoms with Crippen molar-refractivity contribution in [2.24, 2.45) is 0 Å². The molecule has 0 unspecified atom stereocenters. The number of benzene rings is 2. The number of fused-ring (bicyclic) bond motifs is 1. The fraction of sp³-hybridized carbons (Fsp3) is 0.273. The van der Waals surface area contributed by atoms with Crippen LogP contribution in [0.4, 0.5) is 4.39 Å². The van der Waals surface area contributed by atoms with Gasteiger partial charge in [-0.2, -0.15) is 0 Å². The van der Waals surface area contributed by atoms with Crippen molar-refractivity contribution >= 4 is 0 Å². The van der Waals surface area contributed by atoms with Crippen molar-refractivity contribution in [3.63, 3.8) is 0 Å². The molecule has 0 aliphatic carbocycles. The number of hydrogen-bond acceptors (Lipinski definition) is 1. The van der Waals surface area contributed by atoms with Gasteiger partial charge in [0.1, 0.15) is 5.82 Å². The zero-order valence-corrected chi connectivity index (χ0v) is 14.5. The van der Waals surface area contributed by atoms with Crippen molar-refractivity contribution in [2.45, 2.75) is 32.5 Å². The fourth-order valence-corrected chi connectivity index (χ4v) is 3.88. The van der Waals surface area contributed by atoms with Gasteiger partial charge in [-0.1, -0.05) is 48.0 Å². The molecule has 2 aromatic carbocycles. The molecule has 3 heteroatoms. The van der Waals surface area contributed by atoms with Crippen LogP contribution < -0.4 is 0 Å². The lowest BCUT2D eigenvalue weighted by Crippen LogP contribution is -2.30. The van der Waals surface area contributed by atoms with E-state index in [1.807, 2.05) is 12.1 Å². The molecule has 1 aromatic heterocycles. The van der Waals surface area contributed by atoms with Gasteiger partial charge in [0.25, 0.3) is 0 Å². The molecule has 1 aliphatic rings. The summed E-state index contributed by atoms with van der Waals surface area (Å²) >= 11 is 0. The SMILES string of the molecule is Cc1cccc([C@@H]2c3cccn3CCCN2Cc2ccccc2F)c1. The van der Waals surface area contributed by atoms with Gasteiger partial charge in [-0.25, -0.2) is 4.39 Å². The van der Waals surface area contributed by atoms with Crippen LogP contribution in [0.2, 0.25) is 0 Å². The fourth-order valence-electron chi connectivity index (χ4n) is 3.88. The highest BCUT2D eigenvalue weighted by atomic mass is 19.1. The molecule has 0 saturated heterocycles. The topological polar surface area (TPSA) is 8.17 Å². The normalized spacial score (nSPS) is 17.9. The summed E-state index contributed by atoms with van der Waals surface area (Å²) in [4.78, 5) is 2.41. The van der Waals surface area contributed by atoms with Crippen LogP contribution in [0.3, 0.4) is 0 Å². The van der Waals surface area contributed by atoms with Crippen LogP contribution in [0.1, 0.15) is 34.8 Å². The van der Waals surface area contributed by atoms with Gasteiger partial charge >= 0.3 is 0 Å². The Hall–Kier alpha value is -2.39. The third-order valence-electron chi connectivity index (χ3n) is 5.04. The van der Waals surface area contributed by atoms with Crippen molar-refractivity contribution in [3.05, 3.63) is 95.1 Å². The largest absolute Gasteiger partial charge is 0.350 e. The maximum atomic E-state index is 14.2. The Morgan fingerprint density at radius 1 is 1.00 bits per heavy atom. The smallest absolute Gasteiger partial charge is 0.127 e. The van der Waals surface area contributed by atoms with E-state index in [0.717, 1.165) is 25.1 Å². The van der Waals surface area contributed by atoms with Crippen LogP contribution in [0.5, 0.6) is 0 Å². The quantitative estimate of drug-likeness (QED) is 0.659. The average molecular weight is 334 g/mol. The van der Waals surface area contributed by atoms with E-state index < -0.39 is 0 Å². The summed E-state index contributed by atoms with van der Waals surface area (Å²) < 4.78 is 16.6. The lowest BCUT2D eigenvalue weighted by molar-refractivity contribution is 0.217. The molecule has 0 amide bonds. The first kappa shape index (κ1) is 16.1. The highest BCUT2D eigenvalue weighted by Gasteiger charge is 2.27. The van der Waals surface area contributed by atoms with Crippen LogP contribution in [-0.4, -0.2) is 16.0 Å². The van der Waals surface area contributed by atoms with Crippen LogP contribution in [0.15, 0.2) is 66.9 Å². The summed E-state index contributed by atoms with van der Waals surface area (Å²) in [6.07, 6.45) is 3.23. The van der Waals surface area contributed by atoms with E-state index in [-0.39, 0.29) is 11.9 Å². The number of rotatable bonds is 3. The summed E-state index contributed by atoms with van der Waals surface area (Å²) in [6, 6.07) is 20.3. The van der Waals surface area contributed by atoms with E-state index >= 15 is 0 Å². The van der Waals surface area contributed by atoms with Crippen molar-refractivity contribution in [1.29, 1.82) is 0 Å². The first-order valence-electron chi connectivity index (χ1n) is 8.91. The van der Waals surface area contributed by atoms with Crippen molar-refractivity contribution in [1.82, 2.24) is 9.47 Å². The monoisotopic (exact) mass is 334 g/mol. The number of halogens is 1. The standard InChI is InChI=1S/C22H23FN2/c1-17-7-4-9-18(15-17)22-21-11-5-12-24(21)13-6-14-25(22)16-19-8-2-3-10-20(19)23/h2-5,7-12,15,22H,6,13-14,16H2,1H3/t22-/m1/s1. The minimum absolute atomic E-state index is 0.120. The molecule has 2 heterocycles. The highest BCUT2D eigenvalue weighted by Crippen LogP contribution is 2.33. The van der Waals surface area contributed by atoms with Crippen LogP contribution in [0, 0.1) is 12.7 Å². The molecule has 25 heavy (non-hydrogen) atoms. The Morgan fingerprint density at radius 3 is 2.72 bits per heavy atom. The molecule has 0 spiro atoms. The summed E-state index contributed by atoms with van der Waals surface area (Å²) in [7, 11) is 0. The van der Waals surface area contributed by atoms with Crippen molar-refractivity contribution in [2.75, 3.05) is 6.54 Å². The summed E-state index contributed by atoms with van der Waals surface area (Å²) in [6.45, 7) is 4.71. The van der Waals surface area contributed by atoms with Crippen molar-refractivity contribution in [3.8, 4) is 0 Å². The lowest BCUT2D eigenvalue weighted by atomic mass is 9.99. The summed E-state index contributed by atoms with van der Waals surface area (Å²) in [5, 5.41) is 0. The lowest BCUT2D eigenvalue weighted by Gasteiger charge is -2.31. The third-order valence-corrected chi connectivity index (χ3v) is 5.04. The van der Waals surface area contributed by atoms with Gasteiger partial charge in [0.2, 0.25) is 0 Å². The second-order valence-electron chi connectivity index (χ2n) is 6.86. The Bertz CT molecular complexity index is 868. The zero-order chi connectivity index (χ0) is 17.2. The molecule has 128 valence electrons. The molecule has 1 aliphatic heterocycles. The number of aromatic nitrogens is 1. The Labute approximate surface area is 148 Å². The maximum Gasteiger partial charge on any atom is 0.127 e. The molecule has 0 fully saturated rings. The van der Waals surface area contributed by atoms with E-state index in [4.69, 9.17) is 0 Å². The van der Waals surface area contributed by atoms with Gasteiger partial charge in [-0.15, -0.1) is 0 Å². The van der Waals surface area contributed by atoms with Crippen LogP contribution >= 0.6 is 0 Å². The van der Waals surface area contributed by atoms with Crippen LogP contribution in [0.25, 0.3) is 0 Å². The van der Waals surface area contributed by atoms with Crippen molar-refractivity contribution < 1.29 is 4.39 Å². The maximum absolute atomic E-state index is 14.2. The molecule has 2 nitrogen and oxygen atoms in total. The number of nitrogens with zero attached hydrogens (tertiary/aromatic N) is 2. The van der Waals surface area contributed by atoms with E-state index in [1.165, 1.54) is 16.8 Å². The first-order valence-corrected chi connectivity index (χ1v) is 8.91. The molecular formula is C22H23FN2. The van der Waals surface area contributed by atoms with Gasteiger partial charge in [-0.3, -0.25) is 4.90 Å². The minimum atomic E-state index is -0.120. The molecule has 0 N–H and O–H groups in total. The predicted octanol–water partition coefficient (Wildman–Crippen LogP) is 4.93. The summed E-state index contributed by atoms with van der Waals surface area (Å²) in [5.74, 6) is -0.120. The van der Waals surface area contributed by atoms with Gasteiger partial charge in [0, 0.05) is 37.1 Å². The molecule has 3 aromatic rings. The van der Waals surface area contributed by atoms with Gasteiger partial charge in [0.15, 0.2) is 0 Å². The third kappa shape index (κ3) is 3.24. The van der Waals surface area contributed by atoms with E-state index in [0.29, 0.717) is 6.54 Å². The van der Waals surface area contributed by atoms with E-state index in [9.17, 15) is 4.39 Å². The first-order chi connectivity index (χ1) is 12.2. The Balaban J connectivity index is 1.77. The molecule has 0 bridgehead atoms. The van der Waals surface area contributed by atoms with E-state index in [2.05, 4.69) is 59.0 Å². The van der Waals surface area contributed by atoms with Gasteiger partial charge < -0.3 is 4.57 Å². The minimum Gasteiger partial charge on any atom is -0.350 e. The summed E-state index contributed by atoms with van der Waals surface area (Å²) in [5.41, 5.74) is 4.59. The molecule has 1 atom stereocenters. The number of hydrogen-bond donors (Lipinski definition) is 0. The molecule has 0 saturated carbocycles. The Kier molecular flexibility index (Phi) is 4.41. The average Bonchev–Trinajstić information content (AvgIpc) is 2.98. The molecular weight excluding hydrogens is 311 g/mol. The second-order valence-corrected chi connectivity index (χ2v) is 6.86. The zero-order valence-electron chi connectivity index (χ0n) is 14.5. The van der Waals surface area contributed by atoms with Gasteiger partial charge in [0.05, 0.1) is 6.04 Å². The second kappa shape index (κ2) is 6.85. The van der Waals surface area contributed by atoms with E-state index in [1.54, 1.807) is 12.1 Å².